The maximum absolute atomic E-state index is 13.9. The van der Waals surface area contributed by atoms with E-state index in [-0.39, 0.29) is 17.8 Å². The Morgan fingerprint density at radius 1 is 1.24 bits per heavy atom. The lowest BCUT2D eigenvalue weighted by molar-refractivity contribution is 0.0235. The number of benzene rings is 1. The number of hydrogen-bond donors (Lipinski definition) is 1. The second-order valence-corrected chi connectivity index (χ2v) is 6.93. The Balaban J connectivity index is 1.63. The summed E-state index contributed by atoms with van der Waals surface area (Å²) in [4.78, 5) is 12.8. The first-order valence-electron chi connectivity index (χ1n) is 8.65. The van der Waals surface area contributed by atoms with Gasteiger partial charge in [-0.05, 0) is 24.5 Å². The zero-order chi connectivity index (χ0) is 17.8. The maximum Gasteiger partial charge on any atom is 0.224 e. The quantitative estimate of drug-likeness (QED) is 0.900. The molecule has 1 saturated heterocycles. The lowest BCUT2D eigenvalue weighted by atomic mass is 9.88. The monoisotopic (exact) mass is 344 g/mol. The summed E-state index contributed by atoms with van der Waals surface area (Å²) in [6.45, 7) is 2.31. The zero-order valence-corrected chi connectivity index (χ0v) is 14.8. The van der Waals surface area contributed by atoms with E-state index in [0.29, 0.717) is 24.4 Å². The number of anilines is 1. The minimum absolute atomic E-state index is 0.0348. The van der Waals surface area contributed by atoms with Gasteiger partial charge in [-0.2, -0.15) is 0 Å². The average Bonchev–Trinajstić information content (AvgIpc) is 2.60. The third kappa shape index (κ3) is 4.52. The smallest absolute Gasteiger partial charge is 0.224 e. The molecule has 0 bridgehead atoms. The number of likely N-dealkylation sites (tertiary alicyclic amines) is 1. The van der Waals surface area contributed by atoms with E-state index < -0.39 is 0 Å². The van der Waals surface area contributed by atoms with Crippen molar-refractivity contribution in [2.75, 3.05) is 32.1 Å². The van der Waals surface area contributed by atoms with Gasteiger partial charge in [0, 0.05) is 57.6 Å². The number of rotatable bonds is 5. The molecule has 0 amide bonds. The molecule has 1 aromatic heterocycles. The molecule has 1 aromatic carbocycles. The van der Waals surface area contributed by atoms with Gasteiger partial charge in [-0.3, -0.25) is 4.90 Å². The van der Waals surface area contributed by atoms with Gasteiger partial charge in [-0.1, -0.05) is 18.2 Å². The van der Waals surface area contributed by atoms with E-state index in [9.17, 15) is 9.50 Å². The highest BCUT2D eigenvalue weighted by atomic mass is 19.1. The summed E-state index contributed by atoms with van der Waals surface area (Å²) in [5.41, 5.74) is 1.72. The summed E-state index contributed by atoms with van der Waals surface area (Å²) in [7, 11) is 3.82. The van der Waals surface area contributed by atoms with Crippen LogP contribution in [0, 0.1) is 11.7 Å². The highest BCUT2D eigenvalue weighted by Gasteiger charge is 2.28. The van der Waals surface area contributed by atoms with Gasteiger partial charge in [0.15, 0.2) is 0 Å². The van der Waals surface area contributed by atoms with Crippen LogP contribution in [0.2, 0.25) is 0 Å². The standard InChI is InChI=1S/C19H25FN4O/c1-23(2)19-21-10-14(11-22-19)12-24-8-7-18(25)16(13-24)9-15-5-3-4-6-17(15)20/h3-6,10-11,16,18,25H,7-9,12-13H2,1-2H3/t16-,18-/m1/s1. The van der Waals surface area contributed by atoms with Gasteiger partial charge in [-0.25, -0.2) is 14.4 Å². The van der Waals surface area contributed by atoms with Crippen LogP contribution < -0.4 is 4.90 Å². The van der Waals surface area contributed by atoms with Gasteiger partial charge in [0.05, 0.1) is 6.10 Å². The van der Waals surface area contributed by atoms with Crippen LogP contribution in [0.15, 0.2) is 36.7 Å². The molecule has 6 heteroatoms. The summed E-state index contributed by atoms with van der Waals surface area (Å²) in [5, 5.41) is 10.3. The Morgan fingerprint density at radius 3 is 2.64 bits per heavy atom. The summed E-state index contributed by atoms with van der Waals surface area (Å²) in [6.07, 6.45) is 4.57. The van der Waals surface area contributed by atoms with Gasteiger partial charge in [0.2, 0.25) is 5.95 Å². The predicted octanol–water partition coefficient (Wildman–Crippen LogP) is 2.11. The highest BCUT2D eigenvalue weighted by molar-refractivity contribution is 5.26. The average molecular weight is 344 g/mol. The molecule has 3 rings (SSSR count). The van der Waals surface area contributed by atoms with Crippen molar-refractivity contribution in [3.63, 3.8) is 0 Å². The van der Waals surface area contributed by atoms with Gasteiger partial charge in [-0.15, -0.1) is 0 Å². The van der Waals surface area contributed by atoms with Crippen molar-refractivity contribution in [3.8, 4) is 0 Å². The number of aliphatic hydroxyl groups is 1. The first kappa shape index (κ1) is 17.8. The number of nitrogens with zero attached hydrogens (tertiary/aromatic N) is 4. The lowest BCUT2D eigenvalue weighted by Crippen LogP contribution is -2.43. The van der Waals surface area contributed by atoms with Crippen LogP contribution in [-0.4, -0.2) is 53.3 Å². The number of aliphatic hydroxyl groups excluding tert-OH is 1. The molecule has 2 atom stereocenters. The van der Waals surface area contributed by atoms with Crippen LogP contribution in [0.3, 0.4) is 0 Å². The Morgan fingerprint density at radius 2 is 1.96 bits per heavy atom. The lowest BCUT2D eigenvalue weighted by Gasteiger charge is -2.36. The highest BCUT2D eigenvalue weighted by Crippen LogP contribution is 2.24. The maximum atomic E-state index is 13.9. The van der Waals surface area contributed by atoms with Crippen molar-refractivity contribution in [2.24, 2.45) is 5.92 Å². The van der Waals surface area contributed by atoms with Crippen LogP contribution in [-0.2, 0) is 13.0 Å². The normalized spacial score (nSPS) is 21.3. The molecule has 0 aliphatic carbocycles. The van der Waals surface area contributed by atoms with Gasteiger partial charge in [0.25, 0.3) is 0 Å². The van der Waals surface area contributed by atoms with E-state index in [2.05, 4.69) is 14.9 Å². The molecule has 0 radical (unpaired) electrons. The molecule has 1 N–H and O–H groups in total. The molecule has 1 aliphatic rings. The Bertz CT molecular complexity index is 692. The molecule has 134 valence electrons. The van der Waals surface area contributed by atoms with Crippen molar-refractivity contribution in [3.05, 3.63) is 53.6 Å². The van der Waals surface area contributed by atoms with Gasteiger partial charge in [0.1, 0.15) is 5.82 Å². The van der Waals surface area contributed by atoms with Crippen molar-refractivity contribution in [1.29, 1.82) is 0 Å². The Hall–Kier alpha value is -2.05. The molecule has 0 saturated carbocycles. The van der Waals surface area contributed by atoms with Crippen molar-refractivity contribution in [1.82, 2.24) is 14.9 Å². The topological polar surface area (TPSA) is 52.5 Å². The third-order valence-corrected chi connectivity index (χ3v) is 4.72. The summed E-state index contributed by atoms with van der Waals surface area (Å²) in [5.74, 6) is 0.530. The molecule has 1 aliphatic heterocycles. The molecular weight excluding hydrogens is 319 g/mol. The second-order valence-electron chi connectivity index (χ2n) is 6.93. The second kappa shape index (κ2) is 7.89. The molecule has 0 spiro atoms. The third-order valence-electron chi connectivity index (χ3n) is 4.72. The molecule has 5 nitrogen and oxygen atoms in total. The van der Waals surface area contributed by atoms with E-state index >= 15 is 0 Å². The van der Waals surface area contributed by atoms with Crippen LogP contribution in [0.25, 0.3) is 0 Å². The van der Waals surface area contributed by atoms with Crippen molar-refractivity contribution in [2.45, 2.75) is 25.5 Å². The van der Waals surface area contributed by atoms with E-state index in [1.807, 2.05) is 37.5 Å². The summed E-state index contributed by atoms with van der Waals surface area (Å²) >= 11 is 0. The molecule has 0 unspecified atom stereocenters. The van der Waals surface area contributed by atoms with E-state index in [1.165, 1.54) is 6.07 Å². The fourth-order valence-electron chi connectivity index (χ4n) is 3.30. The van der Waals surface area contributed by atoms with E-state index in [0.717, 1.165) is 25.2 Å². The minimum Gasteiger partial charge on any atom is -0.393 e. The summed E-state index contributed by atoms with van der Waals surface area (Å²) in [6, 6.07) is 6.82. The Kier molecular flexibility index (Phi) is 5.60. The largest absolute Gasteiger partial charge is 0.393 e. The van der Waals surface area contributed by atoms with E-state index in [1.54, 1.807) is 12.1 Å². The van der Waals surface area contributed by atoms with Gasteiger partial charge >= 0.3 is 0 Å². The summed E-state index contributed by atoms with van der Waals surface area (Å²) < 4.78 is 13.9. The van der Waals surface area contributed by atoms with E-state index in [4.69, 9.17) is 0 Å². The van der Waals surface area contributed by atoms with Crippen molar-refractivity contribution >= 4 is 5.95 Å². The van der Waals surface area contributed by atoms with Crippen LogP contribution in [0.4, 0.5) is 10.3 Å². The SMILES string of the molecule is CN(C)c1ncc(CN2CC[C@@H](O)[C@H](Cc3ccccc3F)C2)cn1. The van der Waals surface area contributed by atoms with Crippen LogP contribution in [0.1, 0.15) is 17.5 Å². The molecule has 1 fully saturated rings. The zero-order valence-electron chi connectivity index (χ0n) is 14.8. The molecule has 2 aromatic rings. The van der Waals surface area contributed by atoms with Crippen LogP contribution >= 0.6 is 0 Å². The molecule has 25 heavy (non-hydrogen) atoms. The molecular formula is C19H25FN4O. The van der Waals surface area contributed by atoms with Crippen molar-refractivity contribution < 1.29 is 9.50 Å². The number of piperidine rings is 1. The predicted molar refractivity (Wildman–Crippen MR) is 95.9 cm³/mol. The van der Waals surface area contributed by atoms with Crippen LogP contribution in [0.5, 0.6) is 0 Å². The fourth-order valence-corrected chi connectivity index (χ4v) is 3.30. The first-order valence-corrected chi connectivity index (χ1v) is 8.65. The number of hydrogen-bond acceptors (Lipinski definition) is 5. The first-order chi connectivity index (χ1) is 12.0. The number of halogens is 1. The fraction of sp³-hybridized carbons (Fsp3) is 0.474. The number of aromatic nitrogens is 2. The molecule has 2 heterocycles. The minimum atomic E-state index is -0.386. The van der Waals surface area contributed by atoms with Gasteiger partial charge < -0.3 is 10.0 Å². The Labute approximate surface area is 148 Å².